The molecule has 0 aromatic carbocycles. The predicted octanol–water partition coefficient (Wildman–Crippen LogP) is 6.17. The maximum Gasteiger partial charge on any atom is 0.305 e. The van der Waals surface area contributed by atoms with Crippen LogP contribution in [0.3, 0.4) is 0 Å². The molecular formula is C21H42O3. The minimum Gasteiger partial charge on any atom is -0.463 e. The third kappa shape index (κ3) is 17.8. The van der Waals surface area contributed by atoms with Crippen molar-refractivity contribution in [1.29, 1.82) is 0 Å². The molecule has 0 saturated heterocycles. The lowest BCUT2D eigenvalue weighted by Gasteiger charge is -2.10. The van der Waals surface area contributed by atoms with Gasteiger partial charge in [0.25, 0.3) is 0 Å². The van der Waals surface area contributed by atoms with E-state index in [0.29, 0.717) is 12.8 Å². The standard InChI is InChI=1S/C21H42O3/c1-3-5-6-7-8-9-10-11-12-13-14-15-16-18-21(23)24-19-20(22)17-4-2/h20,22H,3-19H2,1-2H3. The van der Waals surface area contributed by atoms with Gasteiger partial charge in [0, 0.05) is 6.42 Å². The number of rotatable bonds is 18. The number of carbonyl (C=O) groups excluding carboxylic acids is 1. The van der Waals surface area contributed by atoms with Crippen LogP contribution in [0.1, 0.15) is 117 Å². The second kappa shape index (κ2) is 18.8. The van der Waals surface area contributed by atoms with E-state index in [-0.39, 0.29) is 12.6 Å². The van der Waals surface area contributed by atoms with Gasteiger partial charge in [-0.25, -0.2) is 0 Å². The lowest BCUT2D eigenvalue weighted by Crippen LogP contribution is -2.18. The van der Waals surface area contributed by atoms with Crippen LogP contribution in [0.4, 0.5) is 0 Å². The van der Waals surface area contributed by atoms with Gasteiger partial charge < -0.3 is 9.84 Å². The molecule has 0 amide bonds. The highest BCUT2D eigenvalue weighted by atomic mass is 16.5. The topological polar surface area (TPSA) is 46.5 Å². The monoisotopic (exact) mass is 342 g/mol. The zero-order valence-corrected chi connectivity index (χ0v) is 16.4. The minimum atomic E-state index is -0.495. The highest BCUT2D eigenvalue weighted by molar-refractivity contribution is 5.69. The number of hydrogen-bond donors (Lipinski definition) is 1. The van der Waals surface area contributed by atoms with Gasteiger partial charge in [0.2, 0.25) is 0 Å². The zero-order chi connectivity index (χ0) is 17.9. The third-order valence-corrected chi connectivity index (χ3v) is 4.54. The summed E-state index contributed by atoms with van der Waals surface area (Å²) in [5, 5.41) is 9.50. The van der Waals surface area contributed by atoms with Crippen LogP contribution < -0.4 is 0 Å². The summed E-state index contributed by atoms with van der Waals surface area (Å²) in [6, 6.07) is 0. The van der Waals surface area contributed by atoms with E-state index in [1.807, 2.05) is 6.92 Å². The minimum absolute atomic E-state index is 0.158. The average molecular weight is 343 g/mol. The number of esters is 1. The molecule has 144 valence electrons. The van der Waals surface area contributed by atoms with Gasteiger partial charge in [0.05, 0.1) is 6.10 Å². The van der Waals surface area contributed by atoms with Crippen molar-refractivity contribution in [2.24, 2.45) is 0 Å². The highest BCUT2D eigenvalue weighted by Gasteiger charge is 2.07. The van der Waals surface area contributed by atoms with Crippen molar-refractivity contribution in [3.8, 4) is 0 Å². The summed E-state index contributed by atoms with van der Waals surface area (Å²) >= 11 is 0. The quantitative estimate of drug-likeness (QED) is 0.239. The first-order valence-corrected chi connectivity index (χ1v) is 10.5. The Morgan fingerprint density at radius 1 is 0.750 bits per heavy atom. The molecular weight excluding hydrogens is 300 g/mol. The average Bonchev–Trinajstić information content (AvgIpc) is 2.57. The maximum absolute atomic E-state index is 11.5. The smallest absolute Gasteiger partial charge is 0.305 e. The Kier molecular flexibility index (Phi) is 18.3. The summed E-state index contributed by atoms with van der Waals surface area (Å²) in [5.41, 5.74) is 0. The first kappa shape index (κ1) is 23.4. The van der Waals surface area contributed by atoms with Crippen LogP contribution in [0.15, 0.2) is 0 Å². The van der Waals surface area contributed by atoms with Gasteiger partial charge in [-0.05, 0) is 12.8 Å². The summed E-state index contributed by atoms with van der Waals surface area (Å²) < 4.78 is 5.07. The number of ether oxygens (including phenoxy) is 1. The molecule has 0 fully saturated rings. The second-order valence-electron chi connectivity index (χ2n) is 7.12. The summed E-state index contributed by atoms with van der Waals surface area (Å²) in [4.78, 5) is 11.5. The van der Waals surface area contributed by atoms with Crippen LogP contribution in [0, 0.1) is 0 Å². The summed E-state index contributed by atoms with van der Waals surface area (Å²) in [6.07, 6.45) is 18.6. The molecule has 1 atom stereocenters. The van der Waals surface area contributed by atoms with Gasteiger partial charge in [-0.3, -0.25) is 4.79 Å². The Bertz CT molecular complexity index is 266. The van der Waals surface area contributed by atoms with Gasteiger partial charge in [0.1, 0.15) is 6.61 Å². The van der Waals surface area contributed by atoms with E-state index in [1.165, 1.54) is 70.6 Å². The van der Waals surface area contributed by atoms with Gasteiger partial charge in [0.15, 0.2) is 0 Å². The molecule has 0 radical (unpaired) electrons. The number of aliphatic hydroxyl groups is 1. The first-order valence-electron chi connectivity index (χ1n) is 10.5. The SMILES string of the molecule is CCCCCCCCCCCCCCCC(=O)OCC(O)CCC. The van der Waals surface area contributed by atoms with E-state index in [0.717, 1.165) is 19.3 Å². The molecule has 0 spiro atoms. The zero-order valence-electron chi connectivity index (χ0n) is 16.4. The van der Waals surface area contributed by atoms with Crippen molar-refractivity contribution < 1.29 is 14.6 Å². The van der Waals surface area contributed by atoms with Crippen molar-refractivity contribution in [3.05, 3.63) is 0 Å². The maximum atomic E-state index is 11.5. The van der Waals surface area contributed by atoms with E-state index < -0.39 is 6.10 Å². The number of unbranched alkanes of at least 4 members (excludes halogenated alkanes) is 12. The van der Waals surface area contributed by atoms with Crippen molar-refractivity contribution in [2.45, 2.75) is 123 Å². The number of aliphatic hydroxyl groups excluding tert-OH is 1. The Morgan fingerprint density at radius 3 is 1.67 bits per heavy atom. The van der Waals surface area contributed by atoms with Crippen molar-refractivity contribution in [3.63, 3.8) is 0 Å². The Morgan fingerprint density at radius 2 is 1.21 bits per heavy atom. The van der Waals surface area contributed by atoms with Crippen LogP contribution in [0.25, 0.3) is 0 Å². The van der Waals surface area contributed by atoms with Gasteiger partial charge in [-0.1, -0.05) is 97.3 Å². The summed E-state index contributed by atoms with van der Waals surface area (Å²) in [7, 11) is 0. The molecule has 0 bridgehead atoms. The fourth-order valence-electron chi connectivity index (χ4n) is 2.96. The van der Waals surface area contributed by atoms with Crippen LogP contribution in [0.2, 0.25) is 0 Å². The third-order valence-electron chi connectivity index (χ3n) is 4.54. The lowest BCUT2D eigenvalue weighted by atomic mass is 10.0. The molecule has 0 heterocycles. The van der Waals surface area contributed by atoms with Gasteiger partial charge >= 0.3 is 5.97 Å². The van der Waals surface area contributed by atoms with Crippen molar-refractivity contribution >= 4 is 5.97 Å². The molecule has 3 heteroatoms. The van der Waals surface area contributed by atoms with Crippen LogP contribution in [-0.2, 0) is 9.53 Å². The largest absolute Gasteiger partial charge is 0.463 e. The van der Waals surface area contributed by atoms with Crippen LogP contribution in [-0.4, -0.2) is 23.8 Å². The molecule has 0 saturated carbocycles. The molecule has 3 nitrogen and oxygen atoms in total. The highest BCUT2D eigenvalue weighted by Crippen LogP contribution is 2.13. The summed E-state index contributed by atoms with van der Waals surface area (Å²) in [6.45, 7) is 4.44. The van der Waals surface area contributed by atoms with Crippen LogP contribution in [0.5, 0.6) is 0 Å². The van der Waals surface area contributed by atoms with Crippen molar-refractivity contribution in [1.82, 2.24) is 0 Å². The van der Waals surface area contributed by atoms with Crippen LogP contribution >= 0.6 is 0 Å². The molecule has 0 aromatic rings. The molecule has 1 unspecified atom stereocenters. The van der Waals surface area contributed by atoms with E-state index in [4.69, 9.17) is 4.74 Å². The normalized spacial score (nSPS) is 12.3. The Hall–Kier alpha value is -0.570. The Balaban J connectivity index is 3.18. The molecule has 0 aliphatic heterocycles. The summed E-state index contributed by atoms with van der Waals surface area (Å²) in [5.74, 6) is -0.159. The van der Waals surface area contributed by atoms with Gasteiger partial charge in [-0.15, -0.1) is 0 Å². The van der Waals surface area contributed by atoms with E-state index >= 15 is 0 Å². The fourth-order valence-corrected chi connectivity index (χ4v) is 2.96. The van der Waals surface area contributed by atoms with Gasteiger partial charge in [-0.2, -0.15) is 0 Å². The molecule has 0 aliphatic carbocycles. The lowest BCUT2D eigenvalue weighted by molar-refractivity contribution is -0.146. The van der Waals surface area contributed by atoms with Crippen molar-refractivity contribution in [2.75, 3.05) is 6.61 Å². The predicted molar refractivity (Wildman–Crippen MR) is 102 cm³/mol. The van der Waals surface area contributed by atoms with E-state index in [1.54, 1.807) is 0 Å². The van der Waals surface area contributed by atoms with E-state index in [2.05, 4.69) is 6.92 Å². The number of carbonyl (C=O) groups is 1. The first-order chi connectivity index (χ1) is 11.7. The van der Waals surface area contributed by atoms with E-state index in [9.17, 15) is 9.90 Å². The number of hydrogen-bond acceptors (Lipinski definition) is 3. The second-order valence-corrected chi connectivity index (χ2v) is 7.12. The fraction of sp³-hybridized carbons (Fsp3) is 0.952. The molecule has 0 aliphatic rings. The molecule has 1 N–H and O–H groups in total. The Labute approximate surface area is 150 Å². The molecule has 24 heavy (non-hydrogen) atoms. The molecule has 0 rings (SSSR count). The molecule has 0 aromatic heterocycles.